The van der Waals surface area contributed by atoms with Crippen LogP contribution >= 0.6 is 0 Å². The largest absolute Gasteiger partial charge is 0.640 e. The first kappa shape index (κ1) is 87.9. The van der Waals surface area contributed by atoms with Crippen LogP contribution in [0.3, 0.4) is 0 Å². The Morgan fingerprint density at radius 1 is 0.330 bits per heavy atom. The van der Waals surface area contributed by atoms with Gasteiger partial charge in [-0.3, -0.25) is 0 Å². The van der Waals surface area contributed by atoms with Crippen molar-refractivity contribution < 1.29 is 110 Å². The van der Waals surface area contributed by atoms with E-state index in [2.05, 4.69) is 29.9 Å². The first-order valence-corrected chi connectivity index (χ1v) is 35.0. The fourth-order valence-electron chi connectivity index (χ4n) is 10.2. The maximum atomic E-state index is 13.2. The summed E-state index contributed by atoms with van der Waals surface area (Å²) in [6, 6.07) is 32.7. The number of hydrogen-bond acceptors (Lipinski definition) is 24. The Balaban J connectivity index is 0.000000169. The molecular formula is C70H78B6F6N12O18+6. The van der Waals surface area contributed by atoms with Crippen LogP contribution in [0.15, 0.2) is 140 Å². The highest BCUT2D eigenvalue weighted by Gasteiger charge is 2.53. The Morgan fingerprint density at radius 3 is 0.902 bits per heavy atom. The highest BCUT2D eigenvalue weighted by molar-refractivity contribution is 6.38. The number of halogens is 6. The third-order valence-corrected chi connectivity index (χ3v) is 16.9. The van der Waals surface area contributed by atoms with Gasteiger partial charge in [-0.2, -0.15) is 0 Å². The minimum absolute atomic E-state index is 0.0172. The Bertz CT molecular complexity index is 4450. The molecule has 0 radical (unpaired) electrons. The van der Waals surface area contributed by atoms with Crippen molar-refractivity contribution in [3.63, 3.8) is 0 Å². The SMILES string of the molecule is CC1(C)COB(OCc2cc(F)ccc2[N+]#N)OC1.CC1(C)OB(OCc2cc(F)ccc2[N+]#N)OC1(C)C.N#[N+]c1ccc(F)cc1COB1OCC(c2ccccc2)O1.N#[N+]c1ccc(F)cc1COB1OCCCCO1.N#[N+]c1ccc(F)cc1COB1OCCCO1.N#[N+]c1ccc(F)cc1COB1OCCO1. The van der Waals surface area contributed by atoms with Crippen molar-refractivity contribution in [1.29, 1.82) is 32.4 Å². The molecule has 6 heterocycles. The molecule has 6 saturated heterocycles. The summed E-state index contributed by atoms with van der Waals surface area (Å²) < 4.78 is 175. The number of diazo groups is 6. The van der Waals surface area contributed by atoms with Crippen molar-refractivity contribution in [3.8, 4) is 0 Å². The normalized spacial score (nSPS) is 17.2. The van der Waals surface area contributed by atoms with E-state index in [4.69, 9.17) is 116 Å². The predicted molar refractivity (Wildman–Crippen MR) is 392 cm³/mol. The molecule has 0 aromatic heterocycles. The van der Waals surface area contributed by atoms with Crippen LogP contribution in [0.5, 0.6) is 0 Å². The minimum atomic E-state index is -0.838. The zero-order valence-corrected chi connectivity index (χ0v) is 62.0. The molecule has 6 fully saturated rings. The molecule has 112 heavy (non-hydrogen) atoms. The van der Waals surface area contributed by atoms with E-state index in [1.54, 1.807) is 0 Å². The second-order valence-corrected chi connectivity index (χ2v) is 26.5. The Kier molecular flexibility index (Phi) is 34.9. The van der Waals surface area contributed by atoms with Gasteiger partial charge in [0, 0.05) is 81.5 Å². The van der Waals surface area contributed by atoms with Crippen LogP contribution in [0.2, 0.25) is 0 Å². The maximum absolute atomic E-state index is 13.2. The van der Waals surface area contributed by atoms with E-state index in [9.17, 15) is 26.3 Å². The number of hydrogen-bond donors (Lipinski definition) is 0. The summed E-state index contributed by atoms with van der Waals surface area (Å²) in [4.78, 5) is 18.4. The minimum Gasteiger partial charge on any atom is -0.386 e. The zero-order valence-electron chi connectivity index (χ0n) is 62.0. The van der Waals surface area contributed by atoms with Gasteiger partial charge < -0.3 is 83.8 Å². The summed E-state index contributed by atoms with van der Waals surface area (Å²) in [5.74, 6) is -2.52. The molecule has 0 aliphatic carbocycles. The molecule has 1 unspecified atom stereocenters. The molecule has 0 spiro atoms. The van der Waals surface area contributed by atoms with Gasteiger partial charge in [-0.1, -0.05) is 44.2 Å². The molecule has 0 N–H and O–H groups in total. The van der Waals surface area contributed by atoms with Crippen LogP contribution < -0.4 is 0 Å². The Hall–Kier alpha value is -9.69. The van der Waals surface area contributed by atoms with Crippen LogP contribution in [0.25, 0.3) is 29.9 Å². The predicted octanol–water partition coefficient (Wildman–Crippen LogP) is 16.6. The lowest BCUT2D eigenvalue weighted by molar-refractivity contribution is -0.0213. The lowest BCUT2D eigenvalue weighted by atomic mass is 9.90. The standard InChI is InChI=1S/C15H13BFN2O3.C13H17BFN2O3.C12H15BFN2O3.C11H13BFN2O3.C10H11BFN2O3.C9H9BFN2O3/c17-13-6-7-14(19-18)12(8-13)9-20-16-21-10-15(22-16)11-4-2-1-3-5-11;1-12(2)13(3,4)20-14(19-12)18-8-9-7-10(15)5-6-11(9)17-16;1-12(2)7-18-13(19-8-12)17-6-9-5-10(14)3-4-11(9)16-15;13-10-3-4-11(15-14)9(7-10)8-18-12-16-5-1-2-6-17-12;12-9-2-3-10(14-13)8(6-9)7-17-11-15-4-1-5-16-11;11-8-1-2-9(13-12)7(5-8)6-16-10-14-3-4-15-10/h1-8,15H,9-10H2;5-7H,8H2,1-4H3;3-5H,6-8H2,1-2H3;3-4,7H,1-2,5-6,8H2;2-3,6H,1,4-5,7H2;1-2,5H,3-4,6H2/q6*+1. The first-order valence-electron chi connectivity index (χ1n) is 35.0. The summed E-state index contributed by atoms with van der Waals surface area (Å²) in [5, 5.41) is 52.7. The van der Waals surface area contributed by atoms with Crippen molar-refractivity contribution >= 4 is 78.1 Å². The van der Waals surface area contributed by atoms with Gasteiger partial charge in [-0.05, 0) is 125 Å². The van der Waals surface area contributed by atoms with E-state index >= 15 is 0 Å². The topological polar surface area (TPSA) is 335 Å². The van der Waals surface area contributed by atoms with Gasteiger partial charge in [0.05, 0.1) is 110 Å². The summed E-state index contributed by atoms with van der Waals surface area (Å²) >= 11 is 0. The summed E-state index contributed by atoms with van der Waals surface area (Å²) in [7, 11) is -4.66. The molecule has 42 heteroatoms. The van der Waals surface area contributed by atoms with Crippen molar-refractivity contribution in [2.75, 3.05) is 59.5 Å². The molecule has 580 valence electrons. The Labute approximate surface area is 643 Å². The van der Waals surface area contributed by atoms with Gasteiger partial charge in [0.25, 0.3) is 0 Å². The monoisotopic (exact) mass is 1550 g/mol. The van der Waals surface area contributed by atoms with Gasteiger partial charge in [-0.15, -0.1) is 0 Å². The van der Waals surface area contributed by atoms with Gasteiger partial charge in [0.2, 0.25) is 32.4 Å². The van der Waals surface area contributed by atoms with Crippen LogP contribution in [0, 0.1) is 72.7 Å². The fourth-order valence-corrected chi connectivity index (χ4v) is 10.2. The highest BCUT2D eigenvalue weighted by Crippen LogP contribution is 2.38. The molecule has 1 atom stereocenters. The van der Waals surface area contributed by atoms with Crippen molar-refractivity contribution in [2.24, 2.45) is 5.41 Å². The van der Waals surface area contributed by atoms with E-state index < -0.39 is 90.0 Å². The summed E-state index contributed by atoms with van der Waals surface area (Å²) in [6.07, 6.45) is 2.49. The van der Waals surface area contributed by atoms with E-state index in [0.29, 0.717) is 92.8 Å². The van der Waals surface area contributed by atoms with Gasteiger partial charge >= 0.3 is 78.1 Å². The molecule has 6 aliphatic rings. The van der Waals surface area contributed by atoms with Gasteiger partial charge in [0.1, 0.15) is 34.9 Å². The van der Waals surface area contributed by atoms with Crippen molar-refractivity contribution in [3.05, 3.63) is 243 Å². The average molecular weight is 1550 g/mol. The summed E-state index contributed by atoms with van der Waals surface area (Å²) in [5.41, 5.74) is 4.11. The molecule has 30 nitrogen and oxygen atoms in total. The van der Waals surface area contributed by atoms with Crippen LogP contribution in [0.1, 0.15) is 106 Å². The number of nitrogens with zero attached hydrogens (tertiary/aromatic N) is 12. The van der Waals surface area contributed by atoms with E-state index in [1.807, 2.05) is 71.9 Å². The van der Waals surface area contributed by atoms with Crippen LogP contribution in [-0.4, -0.2) is 115 Å². The smallest absolute Gasteiger partial charge is 0.386 e. The maximum Gasteiger partial charge on any atom is 0.640 e. The Morgan fingerprint density at radius 2 is 0.598 bits per heavy atom. The third kappa shape index (κ3) is 28.5. The lowest BCUT2D eigenvalue weighted by Crippen LogP contribution is -2.42. The molecule has 7 aromatic rings. The van der Waals surface area contributed by atoms with Crippen molar-refractivity contribution in [2.45, 2.75) is 118 Å². The third-order valence-electron chi connectivity index (χ3n) is 16.9. The molecule has 0 saturated carbocycles. The van der Waals surface area contributed by atoms with Gasteiger partial charge in [-0.25, -0.2) is 26.3 Å². The lowest BCUT2D eigenvalue weighted by Gasteiger charge is -2.31. The number of benzene rings is 7. The fraction of sp³-hybridized carbons (Fsp3) is 0.400. The highest BCUT2D eigenvalue weighted by atomic mass is 19.1. The van der Waals surface area contributed by atoms with Gasteiger partial charge in [0.15, 0.2) is 29.9 Å². The molecule has 7 aromatic carbocycles. The molecule has 6 aliphatic heterocycles. The van der Waals surface area contributed by atoms with E-state index in [0.717, 1.165) is 24.8 Å². The van der Waals surface area contributed by atoms with E-state index in [1.165, 1.54) is 109 Å². The molecule has 0 amide bonds. The zero-order chi connectivity index (χ0) is 80.5. The number of rotatable bonds is 19. The second-order valence-electron chi connectivity index (χ2n) is 26.5. The first-order chi connectivity index (χ1) is 53.9. The molecule has 0 bridgehead atoms. The average Bonchev–Trinajstić information content (AvgIpc) is 1.64. The quantitative estimate of drug-likeness (QED) is 0.0412. The second kappa shape index (κ2) is 44.5. The summed E-state index contributed by atoms with van der Waals surface area (Å²) in [6.45, 7) is 16.6. The molecule has 13 rings (SSSR count). The van der Waals surface area contributed by atoms with Crippen LogP contribution in [0.4, 0.5) is 60.5 Å². The van der Waals surface area contributed by atoms with Crippen molar-refractivity contribution in [1.82, 2.24) is 0 Å². The van der Waals surface area contributed by atoms with E-state index in [-0.39, 0.29) is 85.3 Å². The molecular weight excluding hydrogens is 1480 g/mol. The van der Waals surface area contributed by atoms with Crippen LogP contribution in [-0.2, 0) is 123 Å².